The Balaban J connectivity index is 1.86. The van der Waals surface area contributed by atoms with Crippen molar-refractivity contribution in [2.24, 2.45) is 0 Å². The van der Waals surface area contributed by atoms with E-state index < -0.39 is 11.0 Å². The van der Waals surface area contributed by atoms with Crippen LogP contribution in [-0.4, -0.2) is 41.6 Å². The molecule has 128 valence electrons. The average Bonchev–Trinajstić information content (AvgIpc) is 2.56. The van der Waals surface area contributed by atoms with E-state index in [9.17, 15) is 19.7 Å². The van der Waals surface area contributed by atoms with Gasteiger partial charge in [0, 0.05) is 31.3 Å². The molecule has 1 aliphatic rings. The zero-order chi connectivity index (χ0) is 17.5. The summed E-state index contributed by atoms with van der Waals surface area (Å²) in [6.45, 7) is 2.96. The summed E-state index contributed by atoms with van der Waals surface area (Å²) in [7, 11) is 0. The fourth-order valence-corrected chi connectivity index (χ4v) is 2.27. The number of carbonyl (C=O) groups is 2. The van der Waals surface area contributed by atoms with Crippen molar-refractivity contribution in [1.82, 2.24) is 4.90 Å². The van der Waals surface area contributed by atoms with E-state index in [1.54, 1.807) is 6.92 Å². The van der Waals surface area contributed by atoms with Gasteiger partial charge in [-0.25, -0.2) is 9.59 Å². The first-order chi connectivity index (χ1) is 11.5. The second-order valence-corrected chi connectivity index (χ2v) is 5.16. The molecule has 0 radical (unpaired) electrons. The van der Waals surface area contributed by atoms with Crippen molar-refractivity contribution in [3.05, 3.63) is 46.0 Å². The molecule has 0 aromatic heterocycles. The molecular formula is C16H18N2O6. The summed E-state index contributed by atoms with van der Waals surface area (Å²) < 4.78 is 10.1. The van der Waals surface area contributed by atoms with E-state index in [1.165, 1.54) is 35.2 Å². The van der Waals surface area contributed by atoms with Crippen LogP contribution in [0.3, 0.4) is 0 Å². The largest absolute Gasteiger partial charge is 0.463 e. The van der Waals surface area contributed by atoms with E-state index in [2.05, 4.69) is 0 Å². The van der Waals surface area contributed by atoms with Gasteiger partial charge in [0.2, 0.25) is 0 Å². The molecule has 0 aliphatic carbocycles. The van der Waals surface area contributed by atoms with Gasteiger partial charge in [-0.15, -0.1) is 0 Å². The number of nitro groups is 1. The highest BCUT2D eigenvalue weighted by Crippen LogP contribution is 2.20. The maximum absolute atomic E-state index is 12.1. The van der Waals surface area contributed by atoms with Crippen LogP contribution >= 0.6 is 0 Å². The lowest BCUT2D eigenvalue weighted by molar-refractivity contribution is -0.384. The molecule has 1 aromatic carbocycles. The van der Waals surface area contributed by atoms with Crippen LogP contribution in [0.5, 0.6) is 5.75 Å². The lowest BCUT2D eigenvalue weighted by Gasteiger charge is -2.27. The molecule has 8 nitrogen and oxygen atoms in total. The van der Waals surface area contributed by atoms with Crippen LogP contribution in [0.4, 0.5) is 10.5 Å². The quantitative estimate of drug-likeness (QED) is 0.363. The summed E-state index contributed by atoms with van der Waals surface area (Å²) in [6, 6.07) is 5.32. The predicted molar refractivity (Wildman–Crippen MR) is 84.6 cm³/mol. The highest BCUT2D eigenvalue weighted by Gasteiger charge is 2.21. The van der Waals surface area contributed by atoms with Gasteiger partial charge in [-0.05, 0) is 31.9 Å². The molecule has 1 fully saturated rings. The second-order valence-electron chi connectivity index (χ2n) is 5.16. The van der Waals surface area contributed by atoms with Crippen molar-refractivity contribution in [2.45, 2.75) is 19.8 Å². The van der Waals surface area contributed by atoms with E-state index in [1.807, 2.05) is 0 Å². The predicted octanol–water partition coefficient (Wildman–Crippen LogP) is 2.68. The lowest BCUT2D eigenvalue weighted by atomic mass is 10.0. The highest BCUT2D eigenvalue weighted by molar-refractivity contribution is 5.83. The van der Waals surface area contributed by atoms with Crippen LogP contribution in [0.2, 0.25) is 0 Å². The highest BCUT2D eigenvalue weighted by atomic mass is 16.6. The van der Waals surface area contributed by atoms with Gasteiger partial charge in [-0.2, -0.15) is 0 Å². The first-order valence-electron chi connectivity index (χ1n) is 7.57. The summed E-state index contributed by atoms with van der Waals surface area (Å²) in [5, 5.41) is 10.6. The van der Waals surface area contributed by atoms with Gasteiger partial charge in [0.25, 0.3) is 5.69 Å². The smallest absolute Gasteiger partial charge is 0.415 e. The van der Waals surface area contributed by atoms with Gasteiger partial charge >= 0.3 is 12.1 Å². The van der Waals surface area contributed by atoms with Crippen molar-refractivity contribution in [3.63, 3.8) is 0 Å². The number of piperidine rings is 1. The van der Waals surface area contributed by atoms with Gasteiger partial charge in [-0.1, -0.05) is 5.57 Å². The number of amides is 1. The summed E-state index contributed by atoms with van der Waals surface area (Å²) in [5.41, 5.74) is 0.870. The summed E-state index contributed by atoms with van der Waals surface area (Å²) in [4.78, 5) is 35.1. The summed E-state index contributed by atoms with van der Waals surface area (Å²) in [6.07, 6.45) is 2.12. The van der Waals surface area contributed by atoms with E-state index in [0.29, 0.717) is 32.5 Å². The third-order valence-corrected chi connectivity index (χ3v) is 3.53. The fourth-order valence-electron chi connectivity index (χ4n) is 2.27. The first-order valence-corrected chi connectivity index (χ1v) is 7.57. The molecule has 1 heterocycles. The van der Waals surface area contributed by atoms with Crippen molar-refractivity contribution in [2.75, 3.05) is 19.7 Å². The Morgan fingerprint density at radius 1 is 1.25 bits per heavy atom. The third kappa shape index (κ3) is 4.80. The molecule has 0 saturated carbocycles. The minimum absolute atomic E-state index is 0.0680. The number of rotatable bonds is 4. The molecule has 1 amide bonds. The van der Waals surface area contributed by atoms with Gasteiger partial charge in [-0.3, -0.25) is 10.1 Å². The zero-order valence-electron chi connectivity index (χ0n) is 13.3. The number of esters is 1. The molecule has 8 heteroatoms. The number of carbonyl (C=O) groups excluding carboxylic acids is 2. The second kappa shape index (κ2) is 8.09. The normalized spacial score (nSPS) is 14.0. The number of hydrogen-bond acceptors (Lipinski definition) is 6. The summed E-state index contributed by atoms with van der Waals surface area (Å²) in [5.74, 6) is -0.118. The first kappa shape index (κ1) is 17.5. The zero-order valence-corrected chi connectivity index (χ0v) is 13.3. The van der Waals surface area contributed by atoms with E-state index in [-0.39, 0.29) is 17.4 Å². The molecule has 0 bridgehead atoms. The van der Waals surface area contributed by atoms with Crippen molar-refractivity contribution < 1.29 is 24.0 Å². The lowest BCUT2D eigenvalue weighted by Crippen LogP contribution is -2.38. The van der Waals surface area contributed by atoms with Crippen LogP contribution in [0.15, 0.2) is 35.9 Å². The average molecular weight is 334 g/mol. The Hall–Kier alpha value is -2.90. The minimum Gasteiger partial charge on any atom is -0.463 e. The Morgan fingerprint density at radius 3 is 2.42 bits per heavy atom. The van der Waals surface area contributed by atoms with Crippen LogP contribution in [-0.2, 0) is 9.53 Å². The van der Waals surface area contributed by atoms with Crippen LogP contribution < -0.4 is 4.74 Å². The van der Waals surface area contributed by atoms with Gasteiger partial charge < -0.3 is 14.4 Å². The minimum atomic E-state index is -0.520. The van der Waals surface area contributed by atoms with E-state index in [4.69, 9.17) is 9.47 Å². The molecular weight excluding hydrogens is 316 g/mol. The number of ether oxygens (including phenoxy) is 2. The van der Waals surface area contributed by atoms with E-state index in [0.717, 1.165) is 5.57 Å². The molecule has 1 saturated heterocycles. The number of nitrogens with zero attached hydrogens (tertiary/aromatic N) is 2. The number of likely N-dealkylation sites (tertiary alicyclic amines) is 1. The van der Waals surface area contributed by atoms with Crippen LogP contribution in [0.25, 0.3) is 0 Å². The molecule has 0 spiro atoms. The molecule has 0 N–H and O–H groups in total. The van der Waals surface area contributed by atoms with Gasteiger partial charge in [0.05, 0.1) is 11.5 Å². The standard InChI is InChI=1S/C16H18N2O6/c1-2-23-15(19)11-12-7-9-17(10-8-12)16(20)24-14-5-3-13(4-6-14)18(21)22/h3-6,11H,2,7-10H2,1H3. The van der Waals surface area contributed by atoms with Crippen LogP contribution in [0, 0.1) is 10.1 Å². The summed E-state index contributed by atoms with van der Waals surface area (Å²) >= 11 is 0. The molecule has 0 atom stereocenters. The maximum atomic E-state index is 12.1. The Kier molecular flexibility index (Phi) is 5.89. The number of nitro benzene ring substituents is 1. The molecule has 1 aromatic rings. The van der Waals surface area contributed by atoms with Gasteiger partial charge in [0.15, 0.2) is 0 Å². The topological polar surface area (TPSA) is 99.0 Å². The molecule has 2 rings (SSSR count). The SMILES string of the molecule is CCOC(=O)C=C1CCN(C(=O)Oc2ccc([N+](=O)[O-])cc2)CC1. The van der Waals surface area contributed by atoms with Crippen molar-refractivity contribution in [3.8, 4) is 5.75 Å². The molecule has 1 aliphatic heterocycles. The van der Waals surface area contributed by atoms with E-state index >= 15 is 0 Å². The molecule has 0 unspecified atom stereocenters. The van der Waals surface area contributed by atoms with Gasteiger partial charge in [0.1, 0.15) is 5.75 Å². The number of benzene rings is 1. The monoisotopic (exact) mass is 334 g/mol. The molecule has 24 heavy (non-hydrogen) atoms. The maximum Gasteiger partial charge on any atom is 0.415 e. The Morgan fingerprint density at radius 2 is 1.88 bits per heavy atom. The fraction of sp³-hybridized carbons (Fsp3) is 0.375. The number of hydrogen-bond donors (Lipinski definition) is 0. The van der Waals surface area contributed by atoms with Crippen molar-refractivity contribution in [1.29, 1.82) is 0 Å². The van der Waals surface area contributed by atoms with Crippen LogP contribution in [0.1, 0.15) is 19.8 Å². The van der Waals surface area contributed by atoms with Crippen molar-refractivity contribution >= 4 is 17.7 Å². The number of non-ortho nitro benzene ring substituents is 1. The third-order valence-electron chi connectivity index (χ3n) is 3.53. The Bertz CT molecular complexity index is 643. The Labute approximate surface area is 138 Å².